The van der Waals surface area contributed by atoms with Gasteiger partial charge in [0.1, 0.15) is 11.9 Å². The normalized spacial score (nSPS) is 21.2. The van der Waals surface area contributed by atoms with Crippen LogP contribution in [-0.2, 0) is 14.3 Å². The summed E-state index contributed by atoms with van der Waals surface area (Å²) in [6.07, 6.45) is 2.80. The molecule has 1 aromatic rings. The molecule has 0 spiro atoms. The van der Waals surface area contributed by atoms with E-state index in [9.17, 15) is 14.0 Å². The van der Waals surface area contributed by atoms with Gasteiger partial charge in [-0.1, -0.05) is 26.0 Å². The van der Waals surface area contributed by atoms with Gasteiger partial charge in [-0.25, -0.2) is 4.39 Å². The van der Waals surface area contributed by atoms with Crippen LogP contribution < -0.4 is 0 Å². The van der Waals surface area contributed by atoms with Crippen LogP contribution in [0.2, 0.25) is 0 Å². The minimum absolute atomic E-state index is 0.0269. The number of hydrogen-bond acceptors (Lipinski definition) is 3. The van der Waals surface area contributed by atoms with Crippen molar-refractivity contribution in [2.45, 2.75) is 51.5 Å². The number of morpholine rings is 1. The molecule has 3 rings (SSSR count). The summed E-state index contributed by atoms with van der Waals surface area (Å²) in [4.78, 5) is 29.6. The molecule has 2 heterocycles. The van der Waals surface area contributed by atoms with E-state index in [1.54, 1.807) is 17.0 Å². The van der Waals surface area contributed by atoms with Gasteiger partial charge >= 0.3 is 0 Å². The largest absolute Gasteiger partial charge is 0.378 e. The van der Waals surface area contributed by atoms with Crippen molar-refractivity contribution < 1.29 is 18.7 Å². The Morgan fingerprint density at radius 2 is 1.82 bits per heavy atom. The zero-order valence-electron chi connectivity index (χ0n) is 16.9. The minimum atomic E-state index is -0.349. The van der Waals surface area contributed by atoms with Gasteiger partial charge in [-0.05, 0) is 48.8 Å². The second-order valence-electron chi connectivity index (χ2n) is 8.26. The average molecular weight is 390 g/mol. The Hall–Kier alpha value is -1.95. The van der Waals surface area contributed by atoms with Crippen LogP contribution in [0.3, 0.4) is 0 Å². The second kappa shape index (κ2) is 9.50. The van der Waals surface area contributed by atoms with E-state index in [1.807, 2.05) is 4.90 Å². The van der Waals surface area contributed by atoms with Gasteiger partial charge in [0.25, 0.3) is 0 Å². The van der Waals surface area contributed by atoms with E-state index in [4.69, 9.17) is 4.74 Å². The van der Waals surface area contributed by atoms with Crippen LogP contribution in [0, 0.1) is 11.7 Å². The molecule has 0 radical (unpaired) electrons. The van der Waals surface area contributed by atoms with Crippen molar-refractivity contribution in [3.8, 4) is 0 Å². The van der Waals surface area contributed by atoms with Gasteiger partial charge in [0.05, 0.1) is 13.2 Å². The molecule has 0 N–H and O–H groups in total. The van der Waals surface area contributed by atoms with Crippen LogP contribution in [0.1, 0.15) is 51.0 Å². The number of likely N-dealkylation sites (tertiary alicyclic amines) is 1. The highest BCUT2D eigenvalue weighted by Gasteiger charge is 2.37. The fourth-order valence-electron chi connectivity index (χ4n) is 4.29. The maximum Gasteiger partial charge on any atom is 0.245 e. The van der Waals surface area contributed by atoms with Gasteiger partial charge < -0.3 is 14.5 Å². The average Bonchev–Trinajstić information content (AvgIpc) is 3.18. The predicted molar refractivity (Wildman–Crippen MR) is 105 cm³/mol. The number of halogens is 1. The second-order valence-corrected chi connectivity index (χ2v) is 8.26. The summed E-state index contributed by atoms with van der Waals surface area (Å²) >= 11 is 0. The smallest absolute Gasteiger partial charge is 0.245 e. The van der Waals surface area contributed by atoms with Crippen molar-refractivity contribution in [1.82, 2.24) is 9.80 Å². The summed E-state index contributed by atoms with van der Waals surface area (Å²) in [5.41, 5.74) is 0.985. The maximum absolute atomic E-state index is 13.3. The zero-order valence-corrected chi connectivity index (χ0v) is 16.9. The molecule has 2 aliphatic rings. The summed E-state index contributed by atoms with van der Waals surface area (Å²) in [6.45, 7) is 7.22. The van der Waals surface area contributed by atoms with Gasteiger partial charge in [-0.3, -0.25) is 9.59 Å². The summed E-state index contributed by atoms with van der Waals surface area (Å²) in [7, 11) is 0. The van der Waals surface area contributed by atoms with E-state index >= 15 is 0 Å². The van der Waals surface area contributed by atoms with Crippen molar-refractivity contribution in [1.29, 1.82) is 0 Å². The summed E-state index contributed by atoms with van der Waals surface area (Å²) in [5, 5.41) is 0. The molecule has 2 fully saturated rings. The number of hydrogen-bond donors (Lipinski definition) is 0. The van der Waals surface area contributed by atoms with E-state index in [-0.39, 0.29) is 29.6 Å². The van der Waals surface area contributed by atoms with E-state index in [0.29, 0.717) is 45.2 Å². The van der Waals surface area contributed by atoms with Crippen molar-refractivity contribution >= 4 is 11.8 Å². The highest BCUT2D eigenvalue weighted by atomic mass is 19.1. The molecular formula is C22H31FN2O3. The molecule has 1 aromatic carbocycles. The SMILES string of the molecule is CC(C)CC(CC(=O)N1CCC[C@@H]1C(=O)N1CCOCC1)c1ccc(F)cc1. The van der Waals surface area contributed by atoms with Crippen LogP contribution in [0.15, 0.2) is 24.3 Å². The lowest BCUT2D eigenvalue weighted by Crippen LogP contribution is -2.51. The Labute approximate surface area is 166 Å². The quantitative estimate of drug-likeness (QED) is 0.750. The van der Waals surface area contributed by atoms with Gasteiger partial charge in [-0.15, -0.1) is 0 Å². The van der Waals surface area contributed by atoms with Crippen LogP contribution in [0.5, 0.6) is 0 Å². The van der Waals surface area contributed by atoms with Crippen molar-refractivity contribution in [2.24, 2.45) is 5.92 Å². The lowest BCUT2D eigenvalue weighted by molar-refractivity contribution is -0.146. The first kappa shape index (κ1) is 20.8. The molecule has 0 saturated carbocycles. The van der Waals surface area contributed by atoms with Crippen molar-refractivity contribution in [3.63, 3.8) is 0 Å². The van der Waals surface area contributed by atoms with Gasteiger partial charge in [0, 0.05) is 26.1 Å². The Balaban J connectivity index is 1.69. The summed E-state index contributed by atoms with van der Waals surface area (Å²) < 4.78 is 18.6. The third kappa shape index (κ3) is 5.10. The number of ether oxygens (including phenoxy) is 1. The maximum atomic E-state index is 13.3. The van der Waals surface area contributed by atoms with E-state index < -0.39 is 0 Å². The Kier molecular flexibility index (Phi) is 7.05. The number of benzene rings is 1. The monoisotopic (exact) mass is 390 g/mol. The highest BCUT2D eigenvalue weighted by Crippen LogP contribution is 2.30. The van der Waals surface area contributed by atoms with Gasteiger partial charge in [0.15, 0.2) is 0 Å². The van der Waals surface area contributed by atoms with Crippen LogP contribution in [0.4, 0.5) is 4.39 Å². The summed E-state index contributed by atoms with van der Waals surface area (Å²) in [6, 6.07) is 6.10. The molecule has 2 saturated heterocycles. The topological polar surface area (TPSA) is 49.9 Å². The third-order valence-corrected chi connectivity index (χ3v) is 5.70. The molecule has 0 aromatic heterocycles. The number of amides is 2. The first-order valence-electron chi connectivity index (χ1n) is 10.4. The number of rotatable bonds is 6. The molecule has 0 bridgehead atoms. The van der Waals surface area contributed by atoms with E-state index in [1.165, 1.54) is 12.1 Å². The van der Waals surface area contributed by atoms with Crippen molar-refractivity contribution in [2.75, 3.05) is 32.8 Å². The fourth-order valence-corrected chi connectivity index (χ4v) is 4.29. The third-order valence-electron chi connectivity index (χ3n) is 5.70. The molecule has 28 heavy (non-hydrogen) atoms. The molecule has 2 atom stereocenters. The molecule has 154 valence electrons. The van der Waals surface area contributed by atoms with E-state index in [2.05, 4.69) is 13.8 Å². The molecule has 5 nitrogen and oxygen atoms in total. The van der Waals surface area contributed by atoms with Crippen LogP contribution in [0.25, 0.3) is 0 Å². The van der Waals surface area contributed by atoms with Crippen molar-refractivity contribution in [3.05, 3.63) is 35.6 Å². The Morgan fingerprint density at radius 3 is 2.46 bits per heavy atom. The van der Waals surface area contributed by atoms with Gasteiger partial charge in [0.2, 0.25) is 11.8 Å². The molecule has 2 amide bonds. The van der Waals surface area contributed by atoms with Crippen LogP contribution >= 0.6 is 0 Å². The lowest BCUT2D eigenvalue weighted by Gasteiger charge is -2.33. The molecule has 2 aliphatic heterocycles. The molecule has 0 aliphatic carbocycles. The Bertz CT molecular complexity index is 671. The number of nitrogens with zero attached hydrogens (tertiary/aromatic N) is 2. The van der Waals surface area contributed by atoms with Gasteiger partial charge in [-0.2, -0.15) is 0 Å². The predicted octanol–water partition coefficient (Wildman–Crippen LogP) is 3.20. The van der Waals surface area contributed by atoms with E-state index in [0.717, 1.165) is 24.8 Å². The first-order chi connectivity index (χ1) is 13.5. The standard InChI is InChI=1S/C22H31FN2O3/c1-16(2)14-18(17-5-7-19(23)8-6-17)15-21(26)25-9-3-4-20(25)22(27)24-10-12-28-13-11-24/h5-8,16,18,20H,3-4,9-15H2,1-2H3/t18?,20-/m1/s1. The molecule has 6 heteroatoms. The highest BCUT2D eigenvalue weighted by molar-refractivity contribution is 5.88. The minimum Gasteiger partial charge on any atom is -0.378 e. The fraction of sp³-hybridized carbons (Fsp3) is 0.636. The molecular weight excluding hydrogens is 359 g/mol. The Morgan fingerprint density at radius 1 is 1.14 bits per heavy atom. The first-order valence-corrected chi connectivity index (χ1v) is 10.4. The number of carbonyl (C=O) groups is 2. The summed E-state index contributed by atoms with van der Waals surface area (Å²) in [5.74, 6) is 0.268. The van der Waals surface area contributed by atoms with Crippen LogP contribution in [-0.4, -0.2) is 60.5 Å². The number of carbonyl (C=O) groups excluding carboxylic acids is 2. The lowest BCUT2D eigenvalue weighted by atomic mass is 9.87. The molecule has 1 unspecified atom stereocenters. The zero-order chi connectivity index (χ0) is 20.1.